The number of aliphatic hydroxyl groups excluding tert-OH is 2. The molecule has 0 radical (unpaired) electrons. The van der Waals surface area contributed by atoms with Gasteiger partial charge in [-0.1, -0.05) is 258 Å². The largest absolute Gasteiger partial charge is 0.462 e. The molecule has 0 spiro atoms. The minimum atomic E-state index is -0.778. The minimum absolute atomic E-state index is 0.0879. The van der Waals surface area contributed by atoms with Gasteiger partial charge in [-0.25, -0.2) is 0 Å². The van der Waals surface area contributed by atoms with E-state index in [1.54, 1.807) is 0 Å². The molecule has 0 aromatic rings. The molecule has 0 bridgehead atoms. The molecule has 6 nitrogen and oxygen atoms in total. The zero-order valence-electron chi connectivity index (χ0n) is 39.5. The number of nitrogens with one attached hydrogen (secondary N) is 1. The van der Waals surface area contributed by atoms with E-state index in [1.165, 1.54) is 205 Å². The summed E-state index contributed by atoms with van der Waals surface area (Å²) in [7, 11) is 0. The molecule has 0 rings (SSSR count). The third-order valence-corrected chi connectivity index (χ3v) is 12.4. The van der Waals surface area contributed by atoms with Crippen molar-refractivity contribution in [1.29, 1.82) is 0 Å². The number of unbranched alkanes of at least 4 members (excludes halogenated alkanes) is 36. The normalized spacial score (nSPS) is 13.1. The number of hydrogen-bond acceptors (Lipinski definition) is 5. The average molecular weight is 822 g/mol. The van der Waals surface area contributed by atoms with Crippen LogP contribution in [-0.2, 0) is 14.3 Å². The van der Waals surface area contributed by atoms with Crippen molar-refractivity contribution in [2.24, 2.45) is 0 Å². The van der Waals surface area contributed by atoms with E-state index >= 15 is 0 Å². The van der Waals surface area contributed by atoms with Crippen LogP contribution in [0.4, 0.5) is 0 Å². The third kappa shape index (κ3) is 41.6. The highest BCUT2D eigenvalue weighted by atomic mass is 16.5. The molecule has 0 aromatic carbocycles. The van der Waals surface area contributed by atoms with Gasteiger partial charge in [-0.05, 0) is 25.7 Å². The topological polar surface area (TPSA) is 95.9 Å². The zero-order chi connectivity index (χ0) is 42.4. The van der Waals surface area contributed by atoms with Gasteiger partial charge in [0.25, 0.3) is 0 Å². The van der Waals surface area contributed by atoms with Gasteiger partial charge < -0.3 is 20.3 Å². The lowest BCUT2D eigenvalue weighted by Gasteiger charge is -2.24. The smallest absolute Gasteiger partial charge is 0.306 e. The van der Waals surface area contributed by atoms with Gasteiger partial charge in [0.2, 0.25) is 5.91 Å². The van der Waals surface area contributed by atoms with E-state index in [0.29, 0.717) is 19.3 Å². The first kappa shape index (κ1) is 56.9. The molecule has 3 N–H and O–H groups in total. The van der Waals surface area contributed by atoms with Gasteiger partial charge in [0, 0.05) is 6.42 Å². The van der Waals surface area contributed by atoms with Crippen molar-refractivity contribution in [2.75, 3.05) is 6.61 Å². The molecule has 0 saturated carbocycles. The Morgan fingerprint density at radius 1 is 0.431 bits per heavy atom. The highest BCUT2D eigenvalue weighted by Gasteiger charge is 2.24. The van der Waals surface area contributed by atoms with Gasteiger partial charge in [0.15, 0.2) is 0 Å². The second kappa shape index (κ2) is 46.9. The van der Waals surface area contributed by atoms with Crippen molar-refractivity contribution >= 4 is 11.9 Å². The Hall–Kier alpha value is -1.14. The van der Waals surface area contributed by atoms with Crippen molar-refractivity contribution in [2.45, 2.75) is 315 Å². The maximum Gasteiger partial charge on any atom is 0.306 e. The molecule has 0 aliphatic rings. The summed E-state index contributed by atoms with van der Waals surface area (Å²) in [5, 5.41) is 23.8. The molecule has 3 unspecified atom stereocenters. The maximum atomic E-state index is 13.2. The number of amides is 1. The van der Waals surface area contributed by atoms with E-state index in [9.17, 15) is 19.8 Å². The van der Waals surface area contributed by atoms with Crippen LogP contribution in [0, 0.1) is 0 Å². The monoisotopic (exact) mass is 822 g/mol. The minimum Gasteiger partial charge on any atom is -0.462 e. The summed E-state index contributed by atoms with van der Waals surface area (Å²) < 4.78 is 5.94. The van der Waals surface area contributed by atoms with Gasteiger partial charge in [-0.3, -0.25) is 9.59 Å². The predicted octanol–water partition coefficient (Wildman–Crippen LogP) is 15.6. The molecule has 0 aromatic heterocycles. The zero-order valence-corrected chi connectivity index (χ0v) is 39.5. The SMILES string of the molecule is CCCCCCCCCCCCCCCCCC(CC(=O)NC(CO)C(O)CCCCCCCCCCCCCCC)OC(=O)CCCCCCCCCCCCC. The summed E-state index contributed by atoms with van der Waals surface area (Å²) >= 11 is 0. The van der Waals surface area contributed by atoms with Crippen molar-refractivity contribution in [1.82, 2.24) is 5.32 Å². The van der Waals surface area contributed by atoms with Crippen LogP contribution in [-0.4, -0.2) is 46.9 Å². The molecular weight excluding hydrogens is 719 g/mol. The molecule has 6 heteroatoms. The number of ether oxygens (including phenoxy) is 1. The average Bonchev–Trinajstić information content (AvgIpc) is 3.22. The summed E-state index contributed by atoms with van der Waals surface area (Å²) in [6.45, 7) is 6.51. The van der Waals surface area contributed by atoms with E-state index in [1.807, 2.05) is 0 Å². The molecule has 3 atom stereocenters. The quantitative estimate of drug-likeness (QED) is 0.0420. The summed E-state index contributed by atoms with van der Waals surface area (Å²) in [6.07, 6.45) is 50.2. The van der Waals surface area contributed by atoms with E-state index in [-0.39, 0.29) is 24.9 Å². The molecule has 1 amide bonds. The Morgan fingerprint density at radius 3 is 1.05 bits per heavy atom. The lowest BCUT2D eigenvalue weighted by atomic mass is 10.0. The van der Waals surface area contributed by atoms with Crippen LogP contribution in [0.5, 0.6) is 0 Å². The molecule has 0 aliphatic heterocycles. The van der Waals surface area contributed by atoms with E-state index in [2.05, 4.69) is 26.1 Å². The fourth-order valence-electron chi connectivity index (χ4n) is 8.43. The van der Waals surface area contributed by atoms with Crippen molar-refractivity contribution in [3.8, 4) is 0 Å². The summed E-state index contributed by atoms with van der Waals surface area (Å²) in [5.74, 6) is -0.451. The lowest BCUT2D eigenvalue weighted by molar-refractivity contribution is -0.151. The van der Waals surface area contributed by atoms with Gasteiger partial charge in [0.1, 0.15) is 6.10 Å². The standard InChI is InChI=1S/C52H103NO5/c1-4-7-10-13-16-19-22-24-25-27-29-31-34-37-40-43-48(58-52(57)45-42-39-36-33-28-21-18-15-12-9-6-3)46-51(56)53-49(47-54)50(55)44-41-38-35-32-30-26-23-20-17-14-11-8-5-2/h48-50,54-55H,4-47H2,1-3H3,(H,53,56). The lowest BCUT2D eigenvalue weighted by Crippen LogP contribution is -2.46. The summed E-state index contributed by atoms with van der Waals surface area (Å²) in [4.78, 5) is 26.1. The molecule has 0 heterocycles. The number of rotatable bonds is 48. The van der Waals surface area contributed by atoms with Crippen LogP contribution in [0.3, 0.4) is 0 Å². The molecule has 58 heavy (non-hydrogen) atoms. The van der Waals surface area contributed by atoms with Gasteiger partial charge in [-0.2, -0.15) is 0 Å². The Kier molecular flexibility index (Phi) is 46.0. The number of aliphatic hydroxyl groups is 2. The first-order valence-corrected chi connectivity index (χ1v) is 26.3. The first-order valence-electron chi connectivity index (χ1n) is 26.3. The number of carbonyl (C=O) groups excluding carboxylic acids is 2. The van der Waals surface area contributed by atoms with E-state index < -0.39 is 18.2 Å². The van der Waals surface area contributed by atoms with E-state index in [0.717, 1.165) is 44.9 Å². The molecule has 0 aliphatic carbocycles. The fourth-order valence-corrected chi connectivity index (χ4v) is 8.43. The molecule has 346 valence electrons. The van der Waals surface area contributed by atoms with Gasteiger partial charge in [-0.15, -0.1) is 0 Å². The number of hydrogen-bond donors (Lipinski definition) is 3. The summed E-state index contributed by atoms with van der Waals surface area (Å²) in [5.41, 5.74) is 0. The highest BCUT2D eigenvalue weighted by molar-refractivity contribution is 5.77. The second-order valence-electron chi connectivity index (χ2n) is 18.3. The van der Waals surface area contributed by atoms with Crippen molar-refractivity contribution in [3.05, 3.63) is 0 Å². The molecule has 0 saturated heterocycles. The molecule has 0 fully saturated rings. The Morgan fingerprint density at radius 2 is 0.724 bits per heavy atom. The predicted molar refractivity (Wildman–Crippen MR) is 250 cm³/mol. The summed E-state index contributed by atoms with van der Waals surface area (Å²) in [6, 6.07) is -0.691. The van der Waals surface area contributed by atoms with Gasteiger partial charge >= 0.3 is 5.97 Å². The first-order chi connectivity index (χ1) is 28.5. The number of esters is 1. The number of carbonyl (C=O) groups is 2. The van der Waals surface area contributed by atoms with Crippen molar-refractivity contribution in [3.63, 3.8) is 0 Å². The Labute approximate surface area is 362 Å². The van der Waals surface area contributed by atoms with Gasteiger partial charge in [0.05, 0.1) is 25.2 Å². The Bertz CT molecular complexity index is 837. The molecular formula is C52H103NO5. The fraction of sp³-hybridized carbons (Fsp3) is 0.962. The highest BCUT2D eigenvalue weighted by Crippen LogP contribution is 2.19. The van der Waals surface area contributed by atoms with Crippen LogP contribution in [0.1, 0.15) is 297 Å². The maximum absolute atomic E-state index is 13.2. The van der Waals surface area contributed by atoms with Crippen LogP contribution in [0.2, 0.25) is 0 Å². The van der Waals surface area contributed by atoms with E-state index in [4.69, 9.17) is 4.74 Å². The van der Waals surface area contributed by atoms with Crippen LogP contribution in [0.25, 0.3) is 0 Å². The Balaban J connectivity index is 4.50. The third-order valence-electron chi connectivity index (χ3n) is 12.4. The van der Waals surface area contributed by atoms with Crippen LogP contribution in [0.15, 0.2) is 0 Å². The van der Waals surface area contributed by atoms with Crippen LogP contribution < -0.4 is 5.32 Å². The second-order valence-corrected chi connectivity index (χ2v) is 18.3. The van der Waals surface area contributed by atoms with Crippen molar-refractivity contribution < 1.29 is 24.5 Å². The van der Waals surface area contributed by atoms with Crippen LogP contribution >= 0.6 is 0 Å².